The lowest BCUT2D eigenvalue weighted by Gasteiger charge is -2.12. The number of hydrogen-bond donors (Lipinski definition) is 1. The highest BCUT2D eigenvalue weighted by Crippen LogP contribution is 2.36. The van der Waals surface area contributed by atoms with Crippen LogP contribution in [-0.4, -0.2) is 13.7 Å². The van der Waals surface area contributed by atoms with Gasteiger partial charge in [0.25, 0.3) is 0 Å². The van der Waals surface area contributed by atoms with Gasteiger partial charge in [0, 0.05) is 18.2 Å². The number of ether oxygens (including phenoxy) is 1. The second-order valence-corrected chi connectivity index (χ2v) is 4.41. The molecule has 0 saturated heterocycles. The number of hydrogen-bond acceptors (Lipinski definition) is 2. The molecule has 2 nitrogen and oxygen atoms in total. The largest absolute Gasteiger partial charge is 0.494 e. The van der Waals surface area contributed by atoms with Crippen molar-refractivity contribution in [1.82, 2.24) is 0 Å². The number of benzene rings is 2. The van der Waals surface area contributed by atoms with Gasteiger partial charge in [-0.05, 0) is 29.3 Å². The van der Waals surface area contributed by atoms with Crippen LogP contribution in [0.4, 0.5) is 10.1 Å². The first-order chi connectivity index (χ1) is 8.79. The summed E-state index contributed by atoms with van der Waals surface area (Å²) < 4.78 is 18.7. The molecule has 0 amide bonds. The van der Waals surface area contributed by atoms with Crippen LogP contribution in [0.15, 0.2) is 42.5 Å². The fraction of sp³-hybridized carbons (Fsp3) is 0.200. The van der Waals surface area contributed by atoms with Gasteiger partial charge in [0.05, 0.1) is 7.11 Å². The van der Waals surface area contributed by atoms with Gasteiger partial charge >= 0.3 is 0 Å². The van der Waals surface area contributed by atoms with Crippen LogP contribution in [0, 0.1) is 5.82 Å². The van der Waals surface area contributed by atoms with Gasteiger partial charge in [0.2, 0.25) is 0 Å². The second-order valence-electron chi connectivity index (χ2n) is 4.41. The summed E-state index contributed by atoms with van der Waals surface area (Å²) >= 11 is 0. The number of rotatable bonds is 2. The summed E-state index contributed by atoms with van der Waals surface area (Å²) in [6.45, 7) is 0.811. The van der Waals surface area contributed by atoms with E-state index in [0.29, 0.717) is 0 Å². The van der Waals surface area contributed by atoms with Crippen molar-refractivity contribution in [2.24, 2.45) is 0 Å². The molecule has 1 unspecified atom stereocenters. The van der Waals surface area contributed by atoms with Crippen molar-refractivity contribution < 1.29 is 9.13 Å². The van der Waals surface area contributed by atoms with Gasteiger partial charge in [-0.1, -0.05) is 24.3 Å². The second kappa shape index (κ2) is 4.33. The normalized spacial score (nSPS) is 17.1. The number of anilines is 1. The van der Waals surface area contributed by atoms with Crippen LogP contribution in [0.5, 0.6) is 5.75 Å². The Hall–Kier alpha value is -2.03. The van der Waals surface area contributed by atoms with Gasteiger partial charge in [-0.25, -0.2) is 4.39 Å². The molecular formula is C15H14FNO. The highest BCUT2D eigenvalue weighted by atomic mass is 19.1. The molecule has 18 heavy (non-hydrogen) atoms. The molecule has 0 aromatic heterocycles. The molecule has 1 aliphatic rings. The third kappa shape index (κ3) is 1.72. The van der Waals surface area contributed by atoms with Crippen LogP contribution in [0.25, 0.3) is 0 Å². The van der Waals surface area contributed by atoms with Crippen LogP contribution >= 0.6 is 0 Å². The molecule has 0 bridgehead atoms. The fourth-order valence-electron chi connectivity index (χ4n) is 2.48. The Morgan fingerprint density at radius 1 is 1.22 bits per heavy atom. The molecule has 2 aromatic rings. The van der Waals surface area contributed by atoms with Gasteiger partial charge in [0.1, 0.15) is 0 Å². The van der Waals surface area contributed by atoms with Crippen molar-refractivity contribution >= 4 is 5.69 Å². The zero-order chi connectivity index (χ0) is 12.5. The summed E-state index contributed by atoms with van der Waals surface area (Å²) in [5, 5.41) is 3.34. The summed E-state index contributed by atoms with van der Waals surface area (Å²) in [6, 6.07) is 13.3. The first-order valence-electron chi connectivity index (χ1n) is 5.96. The third-order valence-electron chi connectivity index (χ3n) is 3.41. The molecule has 0 spiro atoms. The Labute approximate surface area is 105 Å². The molecule has 1 N–H and O–H groups in total. The number of fused-ring (bicyclic) bond motifs is 1. The predicted octanol–water partition coefficient (Wildman–Crippen LogP) is 3.39. The van der Waals surface area contributed by atoms with Crippen molar-refractivity contribution in [2.45, 2.75) is 5.92 Å². The Balaban J connectivity index is 2.00. The van der Waals surface area contributed by atoms with E-state index in [1.54, 1.807) is 12.1 Å². The van der Waals surface area contributed by atoms with E-state index in [1.165, 1.54) is 12.7 Å². The third-order valence-corrected chi connectivity index (χ3v) is 3.41. The summed E-state index contributed by atoms with van der Waals surface area (Å²) in [7, 11) is 1.48. The van der Waals surface area contributed by atoms with Crippen molar-refractivity contribution in [2.75, 3.05) is 19.0 Å². The molecule has 1 aliphatic heterocycles. The molecule has 1 heterocycles. The molecule has 3 heteroatoms. The van der Waals surface area contributed by atoms with Gasteiger partial charge in [-0.2, -0.15) is 0 Å². The lowest BCUT2D eigenvalue weighted by atomic mass is 9.93. The quantitative estimate of drug-likeness (QED) is 0.873. The monoisotopic (exact) mass is 243 g/mol. The molecule has 0 radical (unpaired) electrons. The van der Waals surface area contributed by atoms with Crippen LogP contribution in [0.2, 0.25) is 0 Å². The van der Waals surface area contributed by atoms with Crippen molar-refractivity contribution in [1.29, 1.82) is 0 Å². The van der Waals surface area contributed by atoms with Crippen molar-refractivity contribution in [3.63, 3.8) is 0 Å². The van der Waals surface area contributed by atoms with E-state index in [4.69, 9.17) is 4.74 Å². The van der Waals surface area contributed by atoms with Crippen LogP contribution in [-0.2, 0) is 0 Å². The van der Waals surface area contributed by atoms with E-state index in [9.17, 15) is 4.39 Å². The molecule has 92 valence electrons. The summed E-state index contributed by atoms with van der Waals surface area (Å²) in [4.78, 5) is 0. The summed E-state index contributed by atoms with van der Waals surface area (Å²) in [5.41, 5.74) is 3.34. The molecule has 1 atom stereocenters. The first kappa shape index (κ1) is 11.1. The minimum Gasteiger partial charge on any atom is -0.494 e. The van der Waals surface area contributed by atoms with Crippen molar-refractivity contribution in [3.8, 4) is 5.75 Å². The molecule has 3 rings (SSSR count). The van der Waals surface area contributed by atoms with E-state index in [-0.39, 0.29) is 17.5 Å². The highest BCUT2D eigenvalue weighted by molar-refractivity contribution is 5.60. The Morgan fingerprint density at radius 3 is 2.83 bits per heavy atom. The standard InChI is InChI=1S/C15H14FNO/c1-18-15-7-6-10(8-13(15)16)12-9-17-14-5-3-2-4-11(12)14/h2-8,12,17H,9H2,1H3. The maximum absolute atomic E-state index is 13.7. The lowest BCUT2D eigenvalue weighted by Crippen LogP contribution is -2.04. The molecule has 0 aliphatic carbocycles. The number of halogens is 1. The minimum absolute atomic E-state index is 0.210. The maximum Gasteiger partial charge on any atom is 0.165 e. The minimum atomic E-state index is -0.306. The lowest BCUT2D eigenvalue weighted by molar-refractivity contribution is 0.386. The van der Waals surface area contributed by atoms with E-state index in [0.717, 1.165) is 17.8 Å². The Morgan fingerprint density at radius 2 is 2.06 bits per heavy atom. The highest BCUT2D eigenvalue weighted by Gasteiger charge is 2.23. The average molecular weight is 243 g/mol. The SMILES string of the molecule is COc1ccc(C2CNc3ccccc32)cc1F. The van der Waals surface area contributed by atoms with Gasteiger partial charge in [0.15, 0.2) is 11.6 Å². The Bertz CT molecular complexity index is 582. The molecule has 0 fully saturated rings. The topological polar surface area (TPSA) is 21.3 Å². The van der Waals surface area contributed by atoms with E-state index in [2.05, 4.69) is 17.4 Å². The summed E-state index contributed by atoms with van der Waals surface area (Å²) in [6.07, 6.45) is 0. The zero-order valence-corrected chi connectivity index (χ0v) is 10.1. The van der Waals surface area contributed by atoms with Crippen molar-refractivity contribution in [3.05, 3.63) is 59.4 Å². The smallest absolute Gasteiger partial charge is 0.165 e. The van der Waals surface area contributed by atoms with Gasteiger partial charge < -0.3 is 10.1 Å². The number of para-hydroxylation sites is 1. The van der Waals surface area contributed by atoms with E-state index in [1.807, 2.05) is 18.2 Å². The summed E-state index contributed by atoms with van der Waals surface area (Å²) in [5.74, 6) is 0.193. The zero-order valence-electron chi connectivity index (χ0n) is 10.1. The van der Waals surface area contributed by atoms with E-state index >= 15 is 0 Å². The average Bonchev–Trinajstić information content (AvgIpc) is 2.82. The molecule has 2 aromatic carbocycles. The number of methoxy groups -OCH3 is 1. The van der Waals surface area contributed by atoms with Gasteiger partial charge in [-0.15, -0.1) is 0 Å². The van der Waals surface area contributed by atoms with Crippen LogP contribution in [0.3, 0.4) is 0 Å². The Kier molecular flexibility index (Phi) is 2.67. The predicted molar refractivity (Wildman–Crippen MR) is 69.7 cm³/mol. The fourth-order valence-corrected chi connectivity index (χ4v) is 2.48. The van der Waals surface area contributed by atoms with Crippen LogP contribution < -0.4 is 10.1 Å². The van der Waals surface area contributed by atoms with Crippen LogP contribution in [0.1, 0.15) is 17.0 Å². The molecular weight excluding hydrogens is 229 g/mol. The van der Waals surface area contributed by atoms with Gasteiger partial charge in [-0.3, -0.25) is 0 Å². The maximum atomic E-state index is 13.7. The molecule has 0 saturated carbocycles. The van der Waals surface area contributed by atoms with E-state index < -0.39 is 0 Å². The first-order valence-corrected chi connectivity index (χ1v) is 5.96. The number of nitrogens with one attached hydrogen (secondary N) is 1.